The molecule has 0 saturated carbocycles. The number of amides is 1. The van der Waals surface area contributed by atoms with Gasteiger partial charge < -0.3 is 9.84 Å². The van der Waals surface area contributed by atoms with Gasteiger partial charge in [-0.3, -0.25) is 4.90 Å². The van der Waals surface area contributed by atoms with E-state index in [2.05, 4.69) is 6.58 Å². The number of hydrogen-bond donors (Lipinski definition) is 1. The summed E-state index contributed by atoms with van der Waals surface area (Å²) in [5.74, 6) is 0. The van der Waals surface area contributed by atoms with Gasteiger partial charge in [0.2, 0.25) is 0 Å². The number of aliphatic hydroxyl groups is 1. The number of hydrogen-bond acceptors (Lipinski definition) is 3. The Bertz CT molecular complexity index is 270. The number of piperidine rings is 1. The van der Waals surface area contributed by atoms with Crippen molar-refractivity contribution in [1.82, 2.24) is 4.90 Å². The summed E-state index contributed by atoms with van der Waals surface area (Å²) < 4.78 is 5.29. The SMILES string of the molecule is C=CC1C(O)CCCN1C(=O)OC(C)(C)C. The molecule has 4 nitrogen and oxygen atoms in total. The van der Waals surface area contributed by atoms with Crippen LogP contribution >= 0.6 is 0 Å². The second kappa shape index (κ2) is 4.87. The van der Waals surface area contributed by atoms with Crippen molar-refractivity contribution in [2.24, 2.45) is 0 Å². The van der Waals surface area contributed by atoms with Crippen LogP contribution in [0.25, 0.3) is 0 Å². The molecule has 0 spiro atoms. The molecule has 2 unspecified atom stereocenters. The quantitative estimate of drug-likeness (QED) is 0.696. The fourth-order valence-electron chi connectivity index (χ4n) is 1.82. The molecular weight excluding hydrogens is 206 g/mol. The predicted octanol–water partition coefficient (Wildman–Crippen LogP) is 1.93. The van der Waals surface area contributed by atoms with E-state index in [9.17, 15) is 9.90 Å². The van der Waals surface area contributed by atoms with Crippen LogP contribution in [0.4, 0.5) is 4.79 Å². The van der Waals surface area contributed by atoms with E-state index in [0.29, 0.717) is 13.0 Å². The van der Waals surface area contributed by atoms with Gasteiger partial charge in [-0.1, -0.05) is 6.08 Å². The minimum absolute atomic E-state index is 0.330. The normalized spacial score (nSPS) is 26.4. The van der Waals surface area contributed by atoms with E-state index in [1.807, 2.05) is 20.8 Å². The average molecular weight is 227 g/mol. The Kier molecular flexibility index (Phi) is 3.97. The summed E-state index contributed by atoms with van der Waals surface area (Å²) in [5, 5.41) is 9.77. The van der Waals surface area contributed by atoms with Crippen LogP contribution in [-0.4, -0.2) is 40.4 Å². The molecular formula is C12H21NO3. The van der Waals surface area contributed by atoms with Crippen LogP contribution in [0.15, 0.2) is 12.7 Å². The Balaban J connectivity index is 2.69. The Hall–Kier alpha value is -1.03. The molecule has 1 aliphatic rings. The lowest BCUT2D eigenvalue weighted by atomic mass is 9.99. The number of carbonyl (C=O) groups is 1. The van der Waals surface area contributed by atoms with Gasteiger partial charge in [0.15, 0.2) is 0 Å². The van der Waals surface area contributed by atoms with Gasteiger partial charge in [0.25, 0.3) is 0 Å². The van der Waals surface area contributed by atoms with Gasteiger partial charge in [-0.2, -0.15) is 0 Å². The van der Waals surface area contributed by atoms with Gasteiger partial charge in [0.1, 0.15) is 5.60 Å². The first-order chi connectivity index (χ1) is 7.35. The van der Waals surface area contributed by atoms with Crippen molar-refractivity contribution in [1.29, 1.82) is 0 Å². The van der Waals surface area contributed by atoms with E-state index >= 15 is 0 Å². The van der Waals surface area contributed by atoms with Crippen molar-refractivity contribution >= 4 is 6.09 Å². The van der Waals surface area contributed by atoms with E-state index < -0.39 is 11.7 Å². The second-order valence-electron chi connectivity index (χ2n) is 5.11. The van der Waals surface area contributed by atoms with Gasteiger partial charge in [-0.15, -0.1) is 6.58 Å². The maximum absolute atomic E-state index is 11.9. The predicted molar refractivity (Wildman–Crippen MR) is 62.2 cm³/mol. The topological polar surface area (TPSA) is 49.8 Å². The Labute approximate surface area is 96.9 Å². The first kappa shape index (κ1) is 13.0. The summed E-state index contributed by atoms with van der Waals surface area (Å²) in [7, 11) is 0. The van der Waals surface area contributed by atoms with Crippen molar-refractivity contribution in [3.63, 3.8) is 0 Å². The maximum Gasteiger partial charge on any atom is 0.410 e. The lowest BCUT2D eigenvalue weighted by Gasteiger charge is -2.37. The molecule has 2 atom stereocenters. The molecule has 1 heterocycles. The highest BCUT2D eigenvalue weighted by molar-refractivity contribution is 5.69. The lowest BCUT2D eigenvalue weighted by Crippen LogP contribution is -2.51. The van der Waals surface area contributed by atoms with Crippen LogP contribution < -0.4 is 0 Å². The zero-order valence-electron chi connectivity index (χ0n) is 10.3. The van der Waals surface area contributed by atoms with Crippen LogP contribution in [0.5, 0.6) is 0 Å². The van der Waals surface area contributed by atoms with Crippen LogP contribution in [0.2, 0.25) is 0 Å². The van der Waals surface area contributed by atoms with Crippen molar-refractivity contribution in [3.8, 4) is 0 Å². The fraction of sp³-hybridized carbons (Fsp3) is 0.750. The Morgan fingerprint density at radius 3 is 2.69 bits per heavy atom. The molecule has 0 aliphatic carbocycles. The van der Waals surface area contributed by atoms with Gasteiger partial charge >= 0.3 is 6.09 Å². The zero-order chi connectivity index (χ0) is 12.3. The molecule has 1 amide bonds. The Morgan fingerprint density at radius 2 is 2.19 bits per heavy atom. The first-order valence-electron chi connectivity index (χ1n) is 5.65. The third-order valence-corrected chi connectivity index (χ3v) is 2.52. The van der Waals surface area contributed by atoms with Crippen molar-refractivity contribution < 1.29 is 14.6 Å². The molecule has 1 aliphatic heterocycles. The van der Waals surface area contributed by atoms with E-state index in [0.717, 1.165) is 6.42 Å². The van der Waals surface area contributed by atoms with Crippen molar-refractivity contribution in [2.45, 2.75) is 51.4 Å². The largest absolute Gasteiger partial charge is 0.444 e. The summed E-state index contributed by atoms with van der Waals surface area (Å²) in [6, 6.07) is -0.330. The molecule has 0 bridgehead atoms. The molecule has 92 valence electrons. The number of likely N-dealkylation sites (tertiary alicyclic amines) is 1. The van der Waals surface area contributed by atoms with Gasteiger partial charge in [0.05, 0.1) is 12.1 Å². The molecule has 1 saturated heterocycles. The lowest BCUT2D eigenvalue weighted by molar-refractivity contribution is -0.0114. The zero-order valence-corrected chi connectivity index (χ0v) is 10.3. The second-order valence-corrected chi connectivity index (χ2v) is 5.11. The van der Waals surface area contributed by atoms with Crippen molar-refractivity contribution in [3.05, 3.63) is 12.7 Å². The summed E-state index contributed by atoms with van der Waals surface area (Å²) >= 11 is 0. The highest BCUT2D eigenvalue weighted by atomic mass is 16.6. The molecule has 1 fully saturated rings. The minimum Gasteiger partial charge on any atom is -0.444 e. The highest BCUT2D eigenvalue weighted by Gasteiger charge is 2.33. The number of carbonyl (C=O) groups excluding carboxylic acids is 1. The number of nitrogens with zero attached hydrogens (tertiary/aromatic N) is 1. The minimum atomic E-state index is -0.529. The Morgan fingerprint density at radius 1 is 1.56 bits per heavy atom. The van der Waals surface area contributed by atoms with Crippen LogP contribution in [0.1, 0.15) is 33.6 Å². The summed E-state index contributed by atoms with van der Waals surface area (Å²) in [6.07, 6.45) is 2.20. The number of rotatable bonds is 1. The molecule has 0 aromatic rings. The summed E-state index contributed by atoms with van der Waals surface area (Å²) in [6.45, 7) is 9.75. The van der Waals surface area contributed by atoms with Gasteiger partial charge in [-0.05, 0) is 33.6 Å². The molecule has 4 heteroatoms. The maximum atomic E-state index is 11.9. The summed E-state index contributed by atoms with van der Waals surface area (Å²) in [5.41, 5.74) is -0.509. The molecule has 1 N–H and O–H groups in total. The third-order valence-electron chi connectivity index (χ3n) is 2.52. The van der Waals surface area contributed by atoms with Crippen molar-refractivity contribution in [2.75, 3.05) is 6.54 Å². The third kappa shape index (κ3) is 3.23. The molecule has 0 radical (unpaired) electrons. The monoisotopic (exact) mass is 227 g/mol. The van der Waals surface area contributed by atoms with E-state index in [1.54, 1.807) is 11.0 Å². The van der Waals surface area contributed by atoms with Gasteiger partial charge in [0, 0.05) is 6.54 Å². The standard InChI is InChI=1S/C12H21NO3/c1-5-9-10(14)7-6-8-13(9)11(15)16-12(2,3)4/h5,9-10,14H,1,6-8H2,2-4H3. The van der Waals surface area contributed by atoms with Crippen LogP contribution in [0, 0.1) is 0 Å². The van der Waals surface area contributed by atoms with E-state index in [1.165, 1.54) is 0 Å². The fourth-order valence-corrected chi connectivity index (χ4v) is 1.82. The molecule has 0 aromatic carbocycles. The molecule has 16 heavy (non-hydrogen) atoms. The number of ether oxygens (including phenoxy) is 1. The molecule has 1 rings (SSSR count). The first-order valence-corrected chi connectivity index (χ1v) is 5.65. The van der Waals surface area contributed by atoms with E-state index in [-0.39, 0.29) is 12.1 Å². The van der Waals surface area contributed by atoms with E-state index in [4.69, 9.17) is 4.74 Å². The van der Waals surface area contributed by atoms with Crippen LogP contribution in [-0.2, 0) is 4.74 Å². The number of aliphatic hydroxyl groups excluding tert-OH is 1. The molecule has 0 aromatic heterocycles. The smallest absolute Gasteiger partial charge is 0.410 e. The summed E-state index contributed by atoms with van der Waals surface area (Å²) in [4.78, 5) is 13.4. The highest BCUT2D eigenvalue weighted by Crippen LogP contribution is 2.21. The van der Waals surface area contributed by atoms with Crippen LogP contribution in [0.3, 0.4) is 0 Å². The van der Waals surface area contributed by atoms with Gasteiger partial charge in [-0.25, -0.2) is 4.79 Å². The average Bonchev–Trinajstić information content (AvgIpc) is 2.14.